The molecule has 0 aromatic rings. The van der Waals surface area contributed by atoms with Gasteiger partial charge in [0.25, 0.3) is 0 Å². The van der Waals surface area contributed by atoms with Crippen molar-refractivity contribution >= 4 is 6.16 Å². The molecule has 0 amide bonds. The summed E-state index contributed by atoms with van der Waals surface area (Å²) < 4.78 is 20.3. The lowest BCUT2D eigenvalue weighted by atomic mass is 9.90. The lowest BCUT2D eigenvalue weighted by Crippen LogP contribution is -2.61. The highest BCUT2D eigenvalue weighted by atomic mass is 16.8. The molecule has 6 heteroatoms. The fraction of sp³-hybridized carbons (Fsp3) is 0.889. The maximum absolute atomic E-state index is 11.0. The van der Waals surface area contributed by atoms with E-state index in [1.807, 2.05) is 0 Å². The third-order valence-electron chi connectivity index (χ3n) is 2.73. The standard InChI is InChI=1S/C9H14O6/c1-9(2)6(12-3)4-5(7(10)15-9)14-8(11)13-4/h4-7,10H,1-3H3/t4?,5-,6?,7?/m0/s1. The predicted octanol–water partition coefficient (Wildman–Crippen LogP) is 0.0326. The zero-order chi connectivity index (χ0) is 11.2. The summed E-state index contributed by atoms with van der Waals surface area (Å²) >= 11 is 0. The molecular weight excluding hydrogens is 204 g/mol. The van der Waals surface area contributed by atoms with E-state index in [1.54, 1.807) is 13.8 Å². The van der Waals surface area contributed by atoms with E-state index in [4.69, 9.17) is 18.9 Å². The lowest BCUT2D eigenvalue weighted by Gasteiger charge is -2.43. The van der Waals surface area contributed by atoms with Gasteiger partial charge in [0.05, 0.1) is 5.60 Å². The summed E-state index contributed by atoms with van der Waals surface area (Å²) in [5.41, 5.74) is -0.733. The van der Waals surface area contributed by atoms with Crippen molar-refractivity contribution in [3.63, 3.8) is 0 Å². The Hall–Kier alpha value is -0.850. The van der Waals surface area contributed by atoms with Crippen molar-refractivity contribution in [2.45, 2.75) is 44.1 Å². The van der Waals surface area contributed by atoms with E-state index in [1.165, 1.54) is 7.11 Å². The summed E-state index contributed by atoms with van der Waals surface area (Å²) in [4.78, 5) is 11.0. The molecule has 2 aliphatic rings. The zero-order valence-electron chi connectivity index (χ0n) is 8.80. The minimum Gasteiger partial charge on any atom is -0.424 e. The second-order valence-electron chi connectivity index (χ2n) is 4.18. The van der Waals surface area contributed by atoms with Gasteiger partial charge in [-0.25, -0.2) is 4.79 Å². The van der Waals surface area contributed by atoms with E-state index in [0.29, 0.717) is 0 Å². The van der Waals surface area contributed by atoms with Crippen molar-refractivity contribution in [3.8, 4) is 0 Å². The first-order valence-electron chi connectivity index (χ1n) is 4.71. The van der Waals surface area contributed by atoms with Crippen LogP contribution in [0.5, 0.6) is 0 Å². The topological polar surface area (TPSA) is 74.2 Å². The Kier molecular flexibility index (Phi) is 2.37. The minimum atomic E-state index is -1.18. The van der Waals surface area contributed by atoms with Crippen LogP contribution in [0.2, 0.25) is 0 Å². The van der Waals surface area contributed by atoms with Crippen LogP contribution in [0.15, 0.2) is 0 Å². The second kappa shape index (κ2) is 3.33. The smallest absolute Gasteiger partial charge is 0.424 e. The SMILES string of the molecule is COC1C2OC(=O)O[C@@H]2C(O)OC1(C)C. The quantitative estimate of drug-likeness (QED) is 0.626. The van der Waals surface area contributed by atoms with Crippen LogP contribution in [0.1, 0.15) is 13.8 Å². The molecule has 3 unspecified atom stereocenters. The molecule has 4 atom stereocenters. The molecule has 2 heterocycles. The van der Waals surface area contributed by atoms with Crippen LogP contribution >= 0.6 is 0 Å². The maximum atomic E-state index is 11.0. The van der Waals surface area contributed by atoms with Gasteiger partial charge in [-0.2, -0.15) is 0 Å². The van der Waals surface area contributed by atoms with Crippen molar-refractivity contribution in [2.75, 3.05) is 7.11 Å². The third kappa shape index (κ3) is 1.58. The molecule has 15 heavy (non-hydrogen) atoms. The van der Waals surface area contributed by atoms with Crippen LogP contribution < -0.4 is 0 Å². The van der Waals surface area contributed by atoms with Crippen molar-refractivity contribution in [1.82, 2.24) is 0 Å². The van der Waals surface area contributed by atoms with Crippen LogP contribution in [0.25, 0.3) is 0 Å². The molecule has 2 saturated heterocycles. The van der Waals surface area contributed by atoms with Crippen LogP contribution in [0.4, 0.5) is 4.79 Å². The molecule has 0 spiro atoms. The molecule has 0 aromatic heterocycles. The number of aliphatic hydroxyl groups is 1. The van der Waals surface area contributed by atoms with Crippen molar-refractivity contribution in [1.29, 1.82) is 0 Å². The molecule has 0 aromatic carbocycles. The van der Waals surface area contributed by atoms with E-state index in [-0.39, 0.29) is 0 Å². The van der Waals surface area contributed by atoms with E-state index in [0.717, 1.165) is 0 Å². The highest BCUT2D eigenvalue weighted by Crippen LogP contribution is 2.36. The molecule has 0 saturated carbocycles. The Balaban J connectivity index is 2.26. The number of carbonyl (C=O) groups is 1. The van der Waals surface area contributed by atoms with Crippen LogP contribution in [-0.4, -0.2) is 48.6 Å². The van der Waals surface area contributed by atoms with Gasteiger partial charge in [-0.1, -0.05) is 0 Å². The first-order valence-corrected chi connectivity index (χ1v) is 4.71. The van der Waals surface area contributed by atoms with Crippen molar-refractivity contribution in [3.05, 3.63) is 0 Å². The van der Waals surface area contributed by atoms with E-state index >= 15 is 0 Å². The second-order valence-corrected chi connectivity index (χ2v) is 4.18. The average Bonchev–Trinajstić information content (AvgIpc) is 2.46. The summed E-state index contributed by atoms with van der Waals surface area (Å²) in [5.74, 6) is 0. The number of rotatable bonds is 1. The number of carbonyl (C=O) groups excluding carboxylic acids is 1. The molecule has 0 aliphatic carbocycles. The fourth-order valence-electron chi connectivity index (χ4n) is 2.10. The number of ether oxygens (including phenoxy) is 4. The molecule has 1 N–H and O–H groups in total. The van der Waals surface area contributed by atoms with Crippen LogP contribution in [-0.2, 0) is 18.9 Å². The summed E-state index contributed by atoms with van der Waals surface area (Å²) in [6.45, 7) is 3.51. The Morgan fingerprint density at radius 2 is 1.93 bits per heavy atom. The van der Waals surface area contributed by atoms with Gasteiger partial charge in [0, 0.05) is 7.11 Å². The van der Waals surface area contributed by atoms with Gasteiger partial charge < -0.3 is 24.1 Å². The first kappa shape index (κ1) is 10.7. The molecule has 86 valence electrons. The normalized spacial score (nSPS) is 43.1. The summed E-state index contributed by atoms with van der Waals surface area (Å²) in [5, 5.41) is 9.61. The van der Waals surface area contributed by atoms with E-state index < -0.39 is 36.4 Å². The van der Waals surface area contributed by atoms with Crippen LogP contribution in [0.3, 0.4) is 0 Å². The average molecular weight is 218 g/mol. The molecule has 2 rings (SSSR count). The van der Waals surface area contributed by atoms with Crippen molar-refractivity contribution in [2.24, 2.45) is 0 Å². The molecule has 6 nitrogen and oxygen atoms in total. The lowest BCUT2D eigenvalue weighted by molar-refractivity contribution is -0.291. The number of fused-ring (bicyclic) bond motifs is 1. The Morgan fingerprint density at radius 1 is 1.33 bits per heavy atom. The largest absolute Gasteiger partial charge is 0.509 e. The minimum absolute atomic E-state index is 0.461. The molecule has 0 radical (unpaired) electrons. The van der Waals surface area contributed by atoms with Gasteiger partial charge in [-0.05, 0) is 13.8 Å². The zero-order valence-corrected chi connectivity index (χ0v) is 8.80. The number of methoxy groups -OCH3 is 1. The van der Waals surface area contributed by atoms with Crippen molar-refractivity contribution < 1.29 is 28.8 Å². The highest BCUT2D eigenvalue weighted by molar-refractivity contribution is 5.63. The van der Waals surface area contributed by atoms with Gasteiger partial charge in [-0.3, -0.25) is 0 Å². The summed E-state index contributed by atoms with van der Waals surface area (Å²) in [7, 11) is 1.50. The number of hydrogen-bond donors (Lipinski definition) is 1. The Bertz CT molecular complexity index is 276. The van der Waals surface area contributed by atoms with E-state index in [9.17, 15) is 9.90 Å². The van der Waals surface area contributed by atoms with Gasteiger partial charge in [0.2, 0.25) is 0 Å². The molecule has 0 bridgehead atoms. The monoisotopic (exact) mass is 218 g/mol. The first-order chi connectivity index (χ1) is 6.95. The predicted molar refractivity (Wildman–Crippen MR) is 47.1 cm³/mol. The third-order valence-corrected chi connectivity index (χ3v) is 2.73. The molecular formula is C9H14O6. The van der Waals surface area contributed by atoms with Gasteiger partial charge >= 0.3 is 6.16 Å². The Labute approximate surface area is 87.1 Å². The Morgan fingerprint density at radius 3 is 2.53 bits per heavy atom. The van der Waals surface area contributed by atoms with Gasteiger partial charge in [-0.15, -0.1) is 0 Å². The summed E-state index contributed by atoms with van der Waals surface area (Å²) in [6, 6.07) is 0. The van der Waals surface area contributed by atoms with E-state index in [2.05, 4.69) is 0 Å². The molecule has 2 aliphatic heterocycles. The van der Waals surface area contributed by atoms with Crippen LogP contribution in [0, 0.1) is 0 Å². The number of aliphatic hydroxyl groups excluding tert-OH is 1. The maximum Gasteiger partial charge on any atom is 0.509 e. The highest BCUT2D eigenvalue weighted by Gasteiger charge is 2.57. The summed E-state index contributed by atoms with van der Waals surface area (Å²) in [6.07, 6.45) is -3.87. The number of hydrogen-bond acceptors (Lipinski definition) is 6. The molecule has 2 fully saturated rings. The fourth-order valence-corrected chi connectivity index (χ4v) is 2.10. The van der Waals surface area contributed by atoms with Gasteiger partial charge in [0.1, 0.15) is 6.10 Å². The van der Waals surface area contributed by atoms with Gasteiger partial charge in [0.15, 0.2) is 18.5 Å².